The number of anilines is 1. The minimum atomic E-state index is 0.742. The number of fused-ring (bicyclic) bond motifs is 1. The van der Waals surface area contributed by atoms with E-state index in [4.69, 9.17) is 10.5 Å². The Balaban J connectivity index is 1.88. The molecule has 0 atom stereocenters. The molecule has 2 N–H and O–H groups in total. The second kappa shape index (κ2) is 4.37. The van der Waals surface area contributed by atoms with Crippen LogP contribution in [0.4, 0.5) is 5.69 Å². The molecule has 0 unspecified atom stereocenters. The predicted molar refractivity (Wildman–Crippen MR) is 74.1 cm³/mol. The predicted octanol–water partition coefficient (Wildman–Crippen LogP) is 3.86. The quantitative estimate of drug-likeness (QED) is 0.808. The average molecular weight is 239 g/mol. The fourth-order valence-electron chi connectivity index (χ4n) is 2.58. The maximum Gasteiger partial charge on any atom is 0.129 e. The van der Waals surface area contributed by atoms with Crippen molar-refractivity contribution >= 4 is 5.69 Å². The van der Waals surface area contributed by atoms with Gasteiger partial charge in [-0.2, -0.15) is 0 Å². The van der Waals surface area contributed by atoms with Gasteiger partial charge >= 0.3 is 0 Å². The van der Waals surface area contributed by atoms with Crippen molar-refractivity contribution in [2.45, 2.75) is 26.2 Å². The molecule has 0 heterocycles. The molecule has 3 rings (SSSR count). The molecule has 0 fully saturated rings. The average Bonchev–Trinajstić information content (AvgIpc) is 2.74. The first-order valence-electron chi connectivity index (χ1n) is 6.37. The van der Waals surface area contributed by atoms with Crippen LogP contribution in [0.25, 0.3) is 0 Å². The highest BCUT2D eigenvalue weighted by atomic mass is 16.5. The van der Waals surface area contributed by atoms with Gasteiger partial charge in [-0.05, 0) is 67.1 Å². The standard InChI is InChI=1S/C16H17NO/c1-11-7-14(17)10-16(8-11)18-15-6-5-12-3-2-4-13(12)9-15/h5-10H,2-4,17H2,1H3. The zero-order valence-corrected chi connectivity index (χ0v) is 10.6. The maximum absolute atomic E-state index is 5.89. The highest BCUT2D eigenvalue weighted by Gasteiger charge is 2.11. The summed E-state index contributed by atoms with van der Waals surface area (Å²) in [5.74, 6) is 1.71. The topological polar surface area (TPSA) is 35.2 Å². The van der Waals surface area contributed by atoms with Crippen LogP contribution in [0.5, 0.6) is 11.5 Å². The summed E-state index contributed by atoms with van der Waals surface area (Å²) in [6, 6.07) is 12.2. The van der Waals surface area contributed by atoms with Crippen LogP contribution in [0.3, 0.4) is 0 Å². The van der Waals surface area contributed by atoms with E-state index in [9.17, 15) is 0 Å². The second-order valence-corrected chi connectivity index (χ2v) is 4.97. The minimum absolute atomic E-state index is 0.742. The molecule has 2 aromatic rings. The first kappa shape index (κ1) is 11.1. The van der Waals surface area contributed by atoms with Gasteiger partial charge in [-0.1, -0.05) is 6.07 Å². The Bertz CT molecular complexity index is 569. The van der Waals surface area contributed by atoms with Gasteiger partial charge in [0.05, 0.1) is 0 Å². The molecule has 1 aliphatic carbocycles. The lowest BCUT2D eigenvalue weighted by Crippen LogP contribution is -1.91. The van der Waals surface area contributed by atoms with E-state index in [0.717, 1.165) is 22.7 Å². The molecule has 2 nitrogen and oxygen atoms in total. The molecular formula is C16H17NO. The van der Waals surface area contributed by atoms with Crippen molar-refractivity contribution in [1.29, 1.82) is 0 Å². The minimum Gasteiger partial charge on any atom is -0.457 e. The van der Waals surface area contributed by atoms with Gasteiger partial charge in [0.1, 0.15) is 11.5 Å². The van der Waals surface area contributed by atoms with Crippen LogP contribution in [0, 0.1) is 6.92 Å². The highest BCUT2D eigenvalue weighted by Crippen LogP contribution is 2.30. The molecule has 0 aliphatic heterocycles. The summed E-state index contributed by atoms with van der Waals surface area (Å²) in [6.45, 7) is 2.02. The van der Waals surface area contributed by atoms with Crippen LogP contribution in [-0.2, 0) is 12.8 Å². The SMILES string of the molecule is Cc1cc(N)cc(Oc2ccc3c(c2)CCC3)c1. The number of rotatable bonds is 2. The van der Waals surface area contributed by atoms with Crippen LogP contribution >= 0.6 is 0 Å². The molecule has 2 aromatic carbocycles. The number of nitrogens with two attached hydrogens (primary N) is 1. The lowest BCUT2D eigenvalue weighted by atomic mass is 10.1. The number of hydrogen-bond donors (Lipinski definition) is 1. The van der Waals surface area contributed by atoms with Crippen LogP contribution in [0.1, 0.15) is 23.1 Å². The van der Waals surface area contributed by atoms with Crippen molar-refractivity contribution in [1.82, 2.24) is 0 Å². The second-order valence-electron chi connectivity index (χ2n) is 4.97. The molecule has 2 heteroatoms. The van der Waals surface area contributed by atoms with Crippen molar-refractivity contribution < 1.29 is 4.74 Å². The molecule has 0 amide bonds. The Hall–Kier alpha value is -1.96. The number of benzene rings is 2. The zero-order valence-electron chi connectivity index (χ0n) is 10.6. The molecule has 0 saturated heterocycles. The smallest absolute Gasteiger partial charge is 0.129 e. The van der Waals surface area contributed by atoms with E-state index in [1.807, 2.05) is 31.2 Å². The molecule has 1 aliphatic rings. The van der Waals surface area contributed by atoms with Crippen LogP contribution in [-0.4, -0.2) is 0 Å². The molecule has 0 bridgehead atoms. The molecule has 0 radical (unpaired) electrons. The first-order chi connectivity index (χ1) is 8.70. The van der Waals surface area contributed by atoms with E-state index in [1.54, 1.807) is 0 Å². The third-order valence-corrected chi connectivity index (χ3v) is 3.38. The summed E-state index contributed by atoms with van der Waals surface area (Å²) < 4.78 is 5.89. The Labute approximate surface area is 107 Å². The number of hydrogen-bond acceptors (Lipinski definition) is 2. The summed E-state index contributed by atoms with van der Waals surface area (Å²) >= 11 is 0. The molecule has 92 valence electrons. The van der Waals surface area contributed by atoms with Gasteiger partial charge < -0.3 is 10.5 Å². The van der Waals surface area contributed by atoms with Gasteiger partial charge in [0.25, 0.3) is 0 Å². The van der Waals surface area contributed by atoms with Gasteiger partial charge in [-0.25, -0.2) is 0 Å². The monoisotopic (exact) mass is 239 g/mol. The summed E-state index contributed by atoms with van der Waals surface area (Å²) in [6.07, 6.45) is 3.63. The van der Waals surface area contributed by atoms with Crippen molar-refractivity contribution in [3.05, 3.63) is 53.1 Å². The molecule has 0 spiro atoms. The number of aryl methyl sites for hydroxylation is 3. The van der Waals surface area contributed by atoms with Crippen molar-refractivity contribution in [3.8, 4) is 11.5 Å². The fraction of sp³-hybridized carbons (Fsp3) is 0.250. The normalized spacial score (nSPS) is 13.4. The van der Waals surface area contributed by atoms with E-state index < -0.39 is 0 Å². The van der Waals surface area contributed by atoms with Crippen LogP contribution in [0.15, 0.2) is 36.4 Å². The Kier molecular flexibility index (Phi) is 2.71. The van der Waals surface area contributed by atoms with Gasteiger partial charge in [0.2, 0.25) is 0 Å². The van der Waals surface area contributed by atoms with Crippen molar-refractivity contribution in [3.63, 3.8) is 0 Å². The molecule has 0 saturated carbocycles. The van der Waals surface area contributed by atoms with E-state index in [2.05, 4.69) is 12.1 Å². The Morgan fingerprint density at radius 3 is 2.61 bits per heavy atom. The fourth-order valence-corrected chi connectivity index (χ4v) is 2.58. The zero-order chi connectivity index (χ0) is 12.5. The van der Waals surface area contributed by atoms with Crippen molar-refractivity contribution in [2.24, 2.45) is 0 Å². The Morgan fingerprint density at radius 2 is 1.78 bits per heavy atom. The third kappa shape index (κ3) is 2.19. The van der Waals surface area contributed by atoms with Gasteiger partial charge in [0.15, 0.2) is 0 Å². The van der Waals surface area contributed by atoms with Crippen LogP contribution in [0.2, 0.25) is 0 Å². The largest absolute Gasteiger partial charge is 0.457 e. The van der Waals surface area contributed by atoms with Gasteiger partial charge in [-0.15, -0.1) is 0 Å². The van der Waals surface area contributed by atoms with Crippen molar-refractivity contribution in [2.75, 3.05) is 5.73 Å². The lowest BCUT2D eigenvalue weighted by molar-refractivity contribution is 0.482. The van der Waals surface area contributed by atoms with Crippen LogP contribution < -0.4 is 10.5 Å². The highest BCUT2D eigenvalue weighted by molar-refractivity contribution is 5.49. The Morgan fingerprint density at radius 1 is 0.944 bits per heavy atom. The van der Waals surface area contributed by atoms with Gasteiger partial charge in [0, 0.05) is 11.8 Å². The first-order valence-corrected chi connectivity index (χ1v) is 6.37. The number of nitrogen functional groups attached to an aromatic ring is 1. The summed E-state index contributed by atoms with van der Waals surface area (Å²) in [4.78, 5) is 0. The third-order valence-electron chi connectivity index (χ3n) is 3.38. The van der Waals surface area contributed by atoms with E-state index in [0.29, 0.717) is 0 Å². The maximum atomic E-state index is 5.89. The molecule has 0 aromatic heterocycles. The van der Waals surface area contributed by atoms with E-state index >= 15 is 0 Å². The molecular weight excluding hydrogens is 222 g/mol. The van der Waals surface area contributed by atoms with E-state index in [1.165, 1.54) is 30.4 Å². The summed E-state index contributed by atoms with van der Waals surface area (Å²) in [5, 5.41) is 0. The summed E-state index contributed by atoms with van der Waals surface area (Å²) in [7, 11) is 0. The van der Waals surface area contributed by atoms with E-state index in [-0.39, 0.29) is 0 Å². The van der Waals surface area contributed by atoms with Gasteiger partial charge in [-0.3, -0.25) is 0 Å². The summed E-state index contributed by atoms with van der Waals surface area (Å²) in [5.41, 5.74) is 10.6. The lowest BCUT2D eigenvalue weighted by Gasteiger charge is -2.09. The molecule has 18 heavy (non-hydrogen) atoms. The number of ether oxygens (including phenoxy) is 1.